The molecule has 1 amide bonds. The van der Waals surface area contributed by atoms with Gasteiger partial charge in [-0.1, -0.05) is 40.9 Å². The van der Waals surface area contributed by atoms with Gasteiger partial charge in [0, 0.05) is 26.3 Å². The molecule has 0 unspecified atom stereocenters. The van der Waals surface area contributed by atoms with Gasteiger partial charge in [0.2, 0.25) is 0 Å². The first-order valence-electron chi connectivity index (χ1n) is 8.57. The fourth-order valence-electron chi connectivity index (χ4n) is 2.99. The highest BCUT2D eigenvalue weighted by atomic mass is 35.5. The van der Waals surface area contributed by atoms with Crippen molar-refractivity contribution in [1.29, 1.82) is 0 Å². The van der Waals surface area contributed by atoms with E-state index in [-0.39, 0.29) is 22.8 Å². The summed E-state index contributed by atoms with van der Waals surface area (Å²) in [4.78, 5) is 16.7. The van der Waals surface area contributed by atoms with Gasteiger partial charge in [0.1, 0.15) is 18.3 Å². The molecule has 0 aliphatic carbocycles. The molecule has 2 atom stereocenters. The van der Waals surface area contributed by atoms with E-state index in [1.165, 1.54) is 35.5 Å². The third-order valence-corrected chi connectivity index (χ3v) is 5.37. The number of anilines is 1. The molecule has 0 saturated carbocycles. The first-order chi connectivity index (χ1) is 13.7. The van der Waals surface area contributed by atoms with Gasteiger partial charge in [0.15, 0.2) is 0 Å². The van der Waals surface area contributed by atoms with Crippen LogP contribution in [-0.2, 0) is 12.1 Å². The van der Waals surface area contributed by atoms with Crippen LogP contribution in [0.1, 0.15) is 22.8 Å². The van der Waals surface area contributed by atoms with Gasteiger partial charge in [0.05, 0.1) is 18.2 Å². The van der Waals surface area contributed by atoms with Crippen molar-refractivity contribution in [2.75, 3.05) is 5.73 Å². The number of amides is 1. The quantitative estimate of drug-likeness (QED) is 0.494. The van der Waals surface area contributed by atoms with Crippen LogP contribution in [0.2, 0.25) is 15.1 Å². The number of nitrogens with zero attached hydrogens (tertiary/aromatic N) is 3. The molecule has 0 radical (unpaired) electrons. The summed E-state index contributed by atoms with van der Waals surface area (Å²) in [5, 5.41) is 19.6. The summed E-state index contributed by atoms with van der Waals surface area (Å²) in [5.74, 6) is -0.464. The van der Waals surface area contributed by atoms with E-state index in [0.717, 1.165) is 0 Å². The molecule has 0 fully saturated rings. The predicted molar refractivity (Wildman–Crippen MR) is 113 cm³/mol. The number of nitrogens with two attached hydrogens (primary N) is 1. The molecule has 1 heterocycles. The molecule has 29 heavy (non-hydrogen) atoms. The maximum atomic E-state index is 12.8. The number of aromatic nitrogens is 3. The third kappa shape index (κ3) is 4.64. The second-order valence-corrected chi connectivity index (χ2v) is 7.85. The van der Waals surface area contributed by atoms with E-state index in [2.05, 4.69) is 15.4 Å². The van der Waals surface area contributed by atoms with Gasteiger partial charge in [-0.2, -0.15) is 5.10 Å². The van der Waals surface area contributed by atoms with E-state index in [1.807, 2.05) is 0 Å². The Morgan fingerprint density at radius 2 is 1.93 bits per heavy atom. The number of rotatable bonds is 6. The Bertz CT molecular complexity index is 1030. The third-order valence-electron chi connectivity index (χ3n) is 4.59. The summed E-state index contributed by atoms with van der Waals surface area (Å²) in [7, 11) is 0. The van der Waals surface area contributed by atoms with E-state index in [9.17, 15) is 9.90 Å². The van der Waals surface area contributed by atoms with E-state index in [4.69, 9.17) is 40.5 Å². The Morgan fingerprint density at radius 1 is 1.24 bits per heavy atom. The average molecular weight is 455 g/mol. The molecule has 7 nitrogen and oxygen atoms in total. The Labute approximate surface area is 182 Å². The lowest BCUT2D eigenvalue weighted by molar-refractivity contribution is -0.0155. The number of hydrogen-bond donors (Lipinski definition) is 3. The van der Waals surface area contributed by atoms with Crippen molar-refractivity contribution in [3.05, 3.63) is 75.2 Å². The average Bonchev–Trinajstić information content (AvgIpc) is 3.14. The smallest absolute Gasteiger partial charge is 0.253 e. The number of halogens is 3. The Kier molecular flexibility index (Phi) is 6.33. The largest absolute Gasteiger partial charge is 0.398 e. The van der Waals surface area contributed by atoms with E-state index in [0.29, 0.717) is 15.6 Å². The van der Waals surface area contributed by atoms with Gasteiger partial charge in [0.25, 0.3) is 5.91 Å². The summed E-state index contributed by atoms with van der Waals surface area (Å²) >= 11 is 18.3. The molecule has 4 N–H and O–H groups in total. The lowest BCUT2D eigenvalue weighted by Crippen LogP contribution is -2.51. The van der Waals surface area contributed by atoms with E-state index >= 15 is 0 Å². The second-order valence-electron chi connectivity index (χ2n) is 6.57. The van der Waals surface area contributed by atoms with Crippen LogP contribution in [-0.4, -0.2) is 31.8 Å². The zero-order chi connectivity index (χ0) is 21.2. The molecule has 10 heteroatoms. The van der Waals surface area contributed by atoms with Crippen molar-refractivity contribution in [1.82, 2.24) is 20.1 Å². The normalized spacial score (nSPS) is 14.2. The number of nitrogen functional groups attached to an aromatic ring is 1. The molecule has 0 aliphatic heterocycles. The first-order valence-corrected chi connectivity index (χ1v) is 9.70. The summed E-state index contributed by atoms with van der Waals surface area (Å²) in [6.07, 6.45) is 2.81. The summed E-state index contributed by atoms with van der Waals surface area (Å²) in [6, 6.07) is 8.53. The van der Waals surface area contributed by atoms with Crippen LogP contribution in [0.4, 0.5) is 5.69 Å². The maximum Gasteiger partial charge on any atom is 0.253 e. The first kappa shape index (κ1) is 21.4. The summed E-state index contributed by atoms with van der Waals surface area (Å²) in [5.41, 5.74) is 5.14. The number of benzene rings is 2. The van der Waals surface area contributed by atoms with Gasteiger partial charge in [-0.25, -0.2) is 9.67 Å². The van der Waals surface area contributed by atoms with Crippen LogP contribution < -0.4 is 11.1 Å². The molecule has 0 saturated heterocycles. The minimum Gasteiger partial charge on any atom is -0.398 e. The standard InChI is InChI=1S/C19H18Cl3N5O2/c1-11(26-18(28)14-4-2-13(21)7-17(14)23)19(29,8-27-10-24-9-25-27)15-5-3-12(20)6-16(15)22/h2-7,9-11,29H,8,23H2,1H3,(H,26,28)/t11-,19-/m1/s1. The maximum absolute atomic E-state index is 12.8. The molecule has 0 aliphatic rings. The van der Waals surface area contributed by atoms with Gasteiger partial charge in [-0.05, 0) is 37.3 Å². The molecule has 2 aromatic carbocycles. The Hall–Kier alpha value is -2.32. The number of nitrogens with one attached hydrogen (secondary N) is 1. The minimum absolute atomic E-state index is 0.00804. The molecule has 0 spiro atoms. The molecular formula is C19H18Cl3N5O2. The highest BCUT2D eigenvalue weighted by Crippen LogP contribution is 2.34. The van der Waals surface area contributed by atoms with Crippen molar-refractivity contribution < 1.29 is 9.90 Å². The van der Waals surface area contributed by atoms with Crippen LogP contribution >= 0.6 is 34.8 Å². The molecule has 152 valence electrons. The van der Waals surface area contributed by atoms with E-state index in [1.54, 1.807) is 25.1 Å². The van der Waals surface area contributed by atoms with Gasteiger partial charge >= 0.3 is 0 Å². The van der Waals surface area contributed by atoms with Crippen molar-refractivity contribution >= 4 is 46.4 Å². The summed E-state index contributed by atoms with van der Waals surface area (Å²) < 4.78 is 1.45. The van der Waals surface area contributed by atoms with E-state index < -0.39 is 17.6 Å². The molecule has 3 aromatic rings. The zero-order valence-corrected chi connectivity index (χ0v) is 17.6. The fraction of sp³-hybridized carbons (Fsp3) is 0.211. The zero-order valence-electron chi connectivity index (χ0n) is 15.3. The highest BCUT2D eigenvalue weighted by Gasteiger charge is 2.39. The molecule has 3 rings (SSSR count). The van der Waals surface area contributed by atoms with Gasteiger partial charge in [-0.3, -0.25) is 4.79 Å². The van der Waals surface area contributed by atoms with Crippen LogP contribution in [0.3, 0.4) is 0 Å². The Morgan fingerprint density at radius 3 is 2.55 bits per heavy atom. The topological polar surface area (TPSA) is 106 Å². The molecule has 1 aromatic heterocycles. The van der Waals surface area contributed by atoms with Crippen molar-refractivity contribution in [3.8, 4) is 0 Å². The van der Waals surface area contributed by atoms with Crippen molar-refractivity contribution in [3.63, 3.8) is 0 Å². The van der Waals surface area contributed by atoms with Gasteiger partial charge < -0.3 is 16.2 Å². The van der Waals surface area contributed by atoms with Crippen LogP contribution in [0, 0.1) is 0 Å². The monoisotopic (exact) mass is 453 g/mol. The second kappa shape index (κ2) is 8.59. The van der Waals surface area contributed by atoms with Crippen LogP contribution in [0.5, 0.6) is 0 Å². The number of hydrogen-bond acceptors (Lipinski definition) is 5. The lowest BCUT2D eigenvalue weighted by atomic mass is 9.86. The predicted octanol–water partition coefficient (Wildman–Crippen LogP) is 3.53. The van der Waals surface area contributed by atoms with Crippen molar-refractivity contribution in [2.45, 2.75) is 25.1 Å². The fourth-order valence-corrected chi connectivity index (χ4v) is 3.74. The lowest BCUT2D eigenvalue weighted by Gasteiger charge is -2.35. The SMILES string of the molecule is C[C@@H](NC(=O)c1ccc(Cl)cc1N)[C@](O)(Cn1cncn1)c1ccc(Cl)cc1Cl. The highest BCUT2D eigenvalue weighted by molar-refractivity contribution is 6.35. The number of carbonyl (C=O) groups is 1. The van der Waals surface area contributed by atoms with Crippen molar-refractivity contribution in [2.24, 2.45) is 0 Å². The summed E-state index contributed by atoms with van der Waals surface area (Å²) in [6.45, 7) is 1.65. The van der Waals surface area contributed by atoms with Crippen LogP contribution in [0.25, 0.3) is 0 Å². The molecule has 0 bridgehead atoms. The van der Waals surface area contributed by atoms with Crippen LogP contribution in [0.15, 0.2) is 49.1 Å². The number of carbonyl (C=O) groups excluding carboxylic acids is 1. The minimum atomic E-state index is -1.62. The number of aliphatic hydroxyl groups is 1. The molecular weight excluding hydrogens is 437 g/mol. The Balaban J connectivity index is 1.95. The van der Waals surface area contributed by atoms with Gasteiger partial charge in [-0.15, -0.1) is 0 Å².